The smallest absolute Gasteiger partial charge is 0.368 e. The fourth-order valence-corrected chi connectivity index (χ4v) is 1.63. The molecule has 4 heteroatoms. The van der Waals surface area contributed by atoms with E-state index in [-0.39, 0.29) is 0 Å². The van der Waals surface area contributed by atoms with Gasteiger partial charge in [0.15, 0.2) is 0 Å². The van der Waals surface area contributed by atoms with Gasteiger partial charge in [0.25, 0.3) is 0 Å². The molecule has 0 spiro atoms. The lowest BCUT2D eigenvalue weighted by Gasteiger charge is -2.31. The second kappa shape index (κ2) is 6.43. The third-order valence-corrected chi connectivity index (χ3v) is 2.59. The van der Waals surface area contributed by atoms with Crippen molar-refractivity contribution >= 4 is 8.80 Å². The van der Waals surface area contributed by atoms with E-state index in [2.05, 4.69) is 13.3 Å². The van der Waals surface area contributed by atoms with Crippen LogP contribution in [0.5, 0.6) is 0 Å². The molecule has 0 aromatic carbocycles. The minimum atomic E-state index is -7.08. The van der Waals surface area contributed by atoms with Crippen LogP contribution in [0, 0.1) is 0 Å². The van der Waals surface area contributed by atoms with Crippen LogP contribution >= 0.6 is 0 Å². The van der Waals surface area contributed by atoms with Crippen LogP contribution < -0.4 is 0 Å². The molecule has 0 radical (unpaired) electrons. The molecule has 0 fully saturated rings. The van der Waals surface area contributed by atoms with E-state index in [0.29, 0.717) is 0 Å². The predicted octanol–water partition coefficient (Wildman–Crippen LogP) is 2.93. The summed E-state index contributed by atoms with van der Waals surface area (Å²) in [5.74, 6) is 0. The van der Waals surface area contributed by atoms with Crippen molar-refractivity contribution in [3.05, 3.63) is 12.2 Å². The quantitative estimate of drug-likeness (QED) is 0.656. The Bertz CT molecular complexity index is 755. The summed E-state index contributed by atoms with van der Waals surface area (Å²) in [4.78, 5) is 0. The van der Waals surface area contributed by atoms with Crippen molar-refractivity contribution in [2.75, 3.05) is 0 Å². The summed E-state index contributed by atoms with van der Waals surface area (Å²) in [5.41, 5.74) is -2.16. The average Bonchev–Trinajstić information content (AvgIpc) is 2.61. The fourth-order valence-electron chi connectivity index (χ4n) is 0.542. The maximum atomic E-state index is 8.07. The third-order valence-electron chi connectivity index (χ3n) is 0.862. The summed E-state index contributed by atoms with van der Waals surface area (Å²) in [7, 11) is -7.08. The summed E-state index contributed by atoms with van der Waals surface area (Å²) >= 11 is 0. The van der Waals surface area contributed by atoms with E-state index in [1.54, 1.807) is 0 Å². The summed E-state index contributed by atoms with van der Waals surface area (Å²) in [6, 6.07) is 0. The van der Waals surface area contributed by atoms with Gasteiger partial charge in [-0.2, -0.15) is 0 Å². The van der Waals surface area contributed by atoms with Gasteiger partial charge in [-0.15, -0.1) is 0 Å². The van der Waals surface area contributed by atoms with E-state index >= 15 is 0 Å². The van der Waals surface area contributed by atoms with Crippen molar-refractivity contribution in [2.24, 2.45) is 0 Å². The Morgan fingerprint density at radius 3 is 1.80 bits per heavy atom. The number of hydrogen-bond acceptors (Lipinski definition) is 3. The predicted molar refractivity (Wildman–Crippen MR) is 64.6 cm³/mol. The highest BCUT2D eigenvalue weighted by Crippen LogP contribution is 2.18. The summed E-state index contributed by atoms with van der Waals surface area (Å²) in [6.07, 6.45) is -13.5. The average molecular weight is 257 g/mol. The third kappa shape index (κ3) is 6.09. The molecule has 15 heavy (non-hydrogen) atoms. The minimum Gasteiger partial charge on any atom is -0.368 e. The molecule has 90 valence electrons. The lowest BCUT2D eigenvalue weighted by atomic mass is 10.5. The van der Waals surface area contributed by atoms with Gasteiger partial charge >= 0.3 is 8.80 Å². The molecule has 0 amide bonds. The molecule has 0 aliphatic heterocycles. The number of hydrogen-bond donors (Lipinski definition) is 0. The van der Waals surface area contributed by atoms with Crippen LogP contribution in [0.2, 0.25) is 0 Å². The second-order valence-electron chi connectivity index (χ2n) is 1.97. The summed E-state index contributed by atoms with van der Waals surface area (Å²) < 4.78 is 196. The highest BCUT2D eigenvalue weighted by Gasteiger charge is 2.40. The Labute approximate surface area is 129 Å². The maximum Gasteiger partial charge on any atom is 0.529 e. The zero-order chi connectivity index (χ0) is 32.3. The van der Waals surface area contributed by atoms with Crippen LogP contribution in [-0.2, 0) is 13.3 Å². The van der Waals surface area contributed by atoms with Gasteiger partial charge in [-0.05, 0) is 46.8 Å². The topological polar surface area (TPSA) is 27.7 Å². The van der Waals surface area contributed by atoms with Crippen molar-refractivity contribution in [1.82, 2.24) is 0 Å². The standard InChI is InChI=1S/C11H24O3Si/c1-8-15(12-9(2)3,13-10(4)5)14-11(6)7/h8-11H,1H2,2-7H3/i1D2,2D3,3D3,4D3,5D3,6D3,7D3,8D,9D,10D,11D. The first kappa shape index (κ1) is 1.98. The molecule has 0 rings (SSSR count). The van der Waals surface area contributed by atoms with Crippen LogP contribution in [0.15, 0.2) is 12.2 Å². The summed E-state index contributed by atoms with van der Waals surface area (Å²) in [6.45, 7) is -27.3. The molecule has 0 saturated carbocycles. The maximum absolute atomic E-state index is 8.07. The van der Waals surface area contributed by atoms with Gasteiger partial charge in [0.05, 0.1) is 8.22 Å². The largest absolute Gasteiger partial charge is 0.529 e. The molecule has 0 saturated heterocycles. The van der Waals surface area contributed by atoms with E-state index in [4.69, 9.17) is 32.9 Å². The Morgan fingerprint density at radius 2 is 1.53 bits per heavy atom. The van der Waals surface area contributed by atoms with Crippen molar-refractivity contribution < 1.29 is 46.2 Å². The van der Waals surface area contributed by atoms with Crippen molar-refractivity contribution in [3.8, 4) is 0 Å². The van der Waals surface area contributed by atoms with Gasteiger partial charge in [-0.1, -0.05) is 6.53 Å². The molecule has 0 unspecified atom stereocenters. The summed E-state index contributed by atoms with van der Waals surface area (Å²) in [5, 5.41) is 0. The second-order valence-corrected chi connectivity index (χ2v) is 3.95. The van der Waals surface area contributed by atoms with Crippen LogP contribution in [0.1, 0.15) is 74.0 Å². The molecule has 0 aliphatic rings. The van der Waals surface area contributed by atoms with Gasteiger partial charge in [0.1, 0.15) is 0 Å². The van der Waals surface area contributed by atoms with E-state index < -0.39 is 80.4 Å². The molecular weight excluding hydrogens is 208 g/mol. The first-order chi connectivity index (χ1) is 16.5. The molecular formula is C11H24O3Si. The van der Waals surface area contributed by atoms with Gasteiger partial charge in [0, 0.05) is 42.9 Å². The zero-order valence-corrected chi connectivity index (χ0v) is 8.22. The van der Waals surface area contributed by atoms with Crippen LogP contribution in [0.3, 0.4) is 0 Å². The molecule has 0 heterocycles. The zero-order valence-electron chi connectivity index (χ0n) is 31.2. The van der Waals surface area contributed by atoms with Crippen LogP contribution in [0.25, 0.3) is 0 Å². The molecule has 0 N–H and O–H groups in total. The first-order valence-corrected chi connectivity index (χ1v) is 4.95. The van der Waals surface area contributed by atoms with Gasteiger partial charge < -0.3 is 13.3 Å². The molecule has 3 nitrogen and oxygen atoms in total. The first-order valence-electron chi connectivity index (χ1n) is 15.2. The highest BCUT2D eigenvalue weighted by atomic mass is 28.4. The lowest BCUT2D eigenvalue weighted by Crippen LogP contribution is -2.49. The minimum absolute atomic E-state index is 1.99. The normalized spacial score (nSPS) is 43.2. The van der Waals surface area contributed by atoms with Crippen molar-refractivity contribution in [3.63, 3.8) is 0 Å². The van der Waals surface area contributed by atoms with E-state index in [9.17, 15) is 0 Å². The van der Waals surface area contributed by atoms with Crippen LogP contribution in [-0.4, -0.2) is 27.0 Å². The molecule has 0 bridgehead atoms. The van der Waals surface area contributed by atoms with Crippen LogP contribution in [0.4, 0.5) is 0 Å². The van der Waals surface area contributed by atoms with Gasteiger partial charge in [0.2, 0.25) is 0 Å². The van der Waals surface area contributed by atoms with Crippen molar-refractivity contribution in [1.29, 1.82) is 0 Å². The molecule has 0 aliphatic carbocycles. The fraction of sp³-hybridized carbons (Fsp3) is 0.818. The van der Waals surface area contributed by atoms with E-state index in [1.807, 2.05) is 0 Å². The lowest BCUT2D eigenvalue weighted by molar-refractivity contribution is 0.0140. The molecule has 0 atom stereocenters. The molecule has 0 aromatic rings. The van der Waals surface area contributed by atoms with Gasteiger partial charge in [-0.3, -0.25) is 0 Å². The Morgan fingerprint density at radius 1 is 1.13 bits per heavy atom. The highest BCUT2D eigenvalue weighted by molar-refractivity contribution is 6.66. The van der Waals surface area contributed by atoms with Crippen molar-refractivity contribution in [2.45, 2.75) is 59.4 Å². The molecule has 0 aromatic heterocycles. The monoisotopic (exact) mass is 256 g/mol. The SMILES string of the molecule is [2H]C([2H])=C([2H])[Si](OC([2H])(C([2H])([2H])[2H])C([2H])([2H])[2H])(OC([2H])(C([2H])([2H])[2H])C([2H])([2H])[2H])OC([2H])(C([2H])([2H])[2H])C([2H])([2H])[2H]. The Kier molecular flexibility index (Phi) is 0.850. The Hall–Kier alpha value is -0.163. The van der Waals surface area contributed by atoms with E-state index in [0.717, 1.165) is 0 Å². The van der Waals surface area contributed by atoms with Gasteiger partial charge in [-0.25, -0.2) is 0 Å². The Balaban J connectivity index is 8.29. The number of rotatable bonds is 7. The van der Waals surface area contributed by atoms with E-state index in [1.165, 1.54) is 0 Å².